The second-order valence-corrected chi connectivity index (χ2v) is 9.35. The van der Waals surface area contributed by atoms with Gasteiger partial charge in [-0.1, -0.05) is 97.4 Å². The van der Waals surface area contributed by atoms with Crippen LogP contribution in [0.3, 0.4) is 0 Å². The third kappa shape index (κ3) is 4.22. The van der Waals surface area contributed by atoms with Crippen LogP contribution >= 0.6 is 0 Å². The Kier molecular flexibility index (Phi) is 5.99. The van der Waals surface area contributed by atoms with Gasteiger partial charge in [0, 0.05) is 23.0 Å². The molecule has 2 nitrogen and oxygen atoms in total. The van der Waals surface area contributed by atoms with Crippen molar-refractivity contribution >= 4 is 5.78 Å². The van der Waals surface area contributed by atoms with Crippen LogP contribution in [0.1, 0.15) is 53.1 Å². The van der Waals surface area contributed by atoms with Gasteiger partial charge >= 0.3 is 0 Å². The van der Waals surface area contributed by atoms with E-state index in [1.807, 2.05) is 30.3 Å². The predicted octanol–water partition coefficient (Wildman–Crippen LogP) is 4.93. The van der Waals surface area contributed by atoms with Crippen molar-refractivity contribution in [2.45, 2.75) is 44.2 Å². The van der Waals surface area contributed by atoms with Gasteiger partial charge in [0.15, 0.2) is 5.78 Å². The molecule has 31 heavy (non-hydrogen) atoms. The molecule has 0 bridgehead atoms. The fraction of sp³-hybridized carbons (Fsp3) is 0.345. The third-order valence-electron chi connectivity index (χ3n) is 7.57. The number of fused-ring (bicyclic) bond motifs is 1. The lowest BCUT2D eigenvalue weighted by Gasteiger charge is -2.49. The number of quaternary nitrogens is 1. The first kappa shape index (κ1) is 20.2. The fourth-order valence-electron chi connectivity index (χ4n) is 6.24. The number of Topliss-reactive ketones (excluding diaryl/α,β-unsaturated/α-hetero) is 1. The van der Waals surface area contributed by atoms with E-state index in [0.29, 0.717) is 23.7 Å². The summed E-state index contributed by atoms with van der Waals surface area (Å²) < 4.78 is 0. The number of hydrogen-bond acceptors (Lipinski definition) is 1. The number of likely N-dealkylation sites (tertiary alicyclic amines) is 1. The van der Waals surface area contributed by atoms with Crippen molar-refractivity contribution in [1.82, 2.24) is 0 Å². The first-order valence-corrected chi connectivity index (χ1v) is 11.8. The van der Waals surface area contributed by atoms with Gasteiger partial charge in [0.05, 0.1) is 18.5 Å². The smallest absolute Gasteiger partial charge is 0.172 e. The molecule has 1 saturated heterocycles. The van der Waals surface area contributed by atoms with Crippen LogP contribution in [0.15, 0.2) is 91.0 Å². The van der Waals surface area contributed by atoms with Crippen molar-refractivity contribution in [2.24, 2.45) is 11.8 Å². The van der Waals surface area contributed by atoms with Gasteiger partial charge in [-0.2, -0.15) is 0 Å². The van der Waals surface area contributed by atoms with Gasteiger partial charge in [0.1, 0.15) is 6.54 Å². The molecule has 5 rings (SSSR count). The number of piperidine rings is 1. The van der Waals surface area contributed by atoms with Crippen LogP contribution in [-0.2, 0) is 6.54 Å². The Morgan fingerprint density at radius 2 is 1.39 bits per heavy atom. The molecule has 2 aliphatic rings. The number of hydrogen-bond donors (Lipinski definition) is 1. The second-order valence-electron chi connectivity index (χ2n) is 9.35. The summed E-state index contributed by atoms with van der Waals surface area (Å²) in [6.45, 7) is 1.94. The Morgan fingerprint density at radius 3 is 2.10 bits per heavy atom. The van der Waals surface area contributed by atoms with Crippen molar-refractivity contribution in [3.8, 4) is 0 Å². The zero-order valence-electron chi connectivity index (χ0n) is 18.1. The van der Waals surface area contributed by atoms with Gasteiger partial charge < -0.3 is 4.90 Å². The summed E-state index contributed by atoms with van der Waals surface area (Å²) in [6, 6.07) is 32.3. The summed E-state index contributed by atoms with van der Waals surface area (Å²) in [7, 11) is 0. The summed E-state index contributed by atoms with van der Waals surface area (Å²) in [4.78, 5) is 15.5. The highest BCUT2D eigenvalue weighted by molar-refractivity contribution is 5.98. The lowest BCUT2D eigenvalue weighted by atomic mass is 9.63. The minimum atomic E-state index is 0.0304. The first-order valence-electron chi connectivity index (χ1n) is 11.8. The van der Waals surface area contributed by atoms with Crippen molar-refractivity contribution in [2.75, 3.05) is 6.54 Å². The lowest BCUT2D eigenvalue weighted by molar-refractivity contribution is -0.952. The third-order valence-corrected chi connectivity index (χ3v) is 7.57. The zero-order valence-corrected chi connectivity index (χ0v) is 18.1. The van der Waals surface area contributed by atoms with Crippen LogP contribution in [0.25, 0.3) is 0 Å². The molecule has 0 spiro atoms. The molecular formula is C29H32NO+. The van der Waals surface area contributed by atoms with Gasteiger partial charge in [-0.25, -0.2) is 0 Å². The van der Waals surface area contributed by atoms with Gasteiger partial charge in [-0.05, 0) is 24.8 Å². The summed E-state index contributed by atoms with van der Waals surface area (Å²) in [5, 5.41) is 0. The minimum Gasteiger partial charge on any atom is -0.328 e. The van der Waals surface area contributed by atoms with E-state index in [-0.39, 0.29) is 5.92 Å². The molecule has 2 heteroatoms. The maximum atomic E-state index is 13.8. The number of carbonyl (C=O) groups excluding carboxylic acids is 1. The van der Waals surface area contributed by atoms with Gasteiger partial charge in [-0.3, -0.25) is 4.79 Å². The standard InChI is InChI=1S/C29H31NO/c31-29(24-16-8-3-9-17-24)26-21-30(20-22-12-4-1-5-13-22)27-19-11-10-18-25(27)28(26)23-14-6-2-7-15-23/h1-9,12-17,25-28H,10-11,18-21H2/p+1/t25-,26-,27-,28+/m0/s1. The Labute approximate surface area is 185 Å². The molecule has 158 valence electrons. The van der Waals surface area contributed by atoms with E-state index in [2.05, 4.69) is 60.7 Å². The van der Waals surface area contributed by atoms with Crippen LogP contribution in [0, 0.1) is 11.8 Å². The monoisotopic (exact) mass is 410 g/mol. The summed E-state index contributed by atoms with van der Waals surface area (Å²) in [6.07, 6.45) is 5.12. The average molecular weight is 411 g/mol. The number of ketones is 1. The zero-order chi connectivity index (χ0) is 21.0. The van der Waals surface area contributed by atoms with Gasteiger partial charge in [0.2, 0.25) is 0 Å². The van der Waals surface area contributed by atoms with Gasteiger partial charge in [0.25, 0.3) is 0 Å². The molecule has 0 amide bonds. The molecule has 2 fully saturated rings. The topological polar surface area (TPSA) is 21.5 Å². The fourth-order valence-corrected chi connectivity index (χ4v) is 6.24. The SMILES string of the molecule is O=C(c1ccccc1)[C@H]1C[NH+](Cc2ccccc2)[C@H]2CCCC[C@@H]2[C@H]1c1ccccc1. The molecular weight excluding hydrogens is 378 g/mol. The Morgan fingerprint density at radius 1 is 0.774 bits per heavy atom. The highest BCUT2D eigenvalue weighted by Crippen LogP contribution is 2.43. The van der Waals surface area contributed by atoms with Crippen LogP contribution in [0.5, 0.6) is 0 Å². The van der Waals surface area contributed by atoms with E-state index in [4.69, 9.17) is 0 Å². The van der Waals surface area contributed by atoms with Crippen molar-refractivity contribution < 1.29 is 9.69 Å². The summed E-state index contributed by atoms with van der Waals surface area (Å²) >= 11 is 0. The molecule has 1 N–H and O–H groups in total. The Hall–Kier alpha value is -2.71. The Balaban J connectivity index is 1.53. The summed E-state index contributed by atoms with van der Waals surface area (Å²) in [5.41, 5.74) is 3.60. The molecule has 0 radical (unpaired) electrons. The maximum Gasteiger partial charge on any atom is 0.172 e. The number of nitrogens with one attached hydrogen (secondary N) is 1. The maximum absolute atomic E-state index is 13.8. The molecule has 1 aliphatic carbocycles. The van der Waals surface area contributed by atoms with Crippen molar-refractivity contribution in [3.05, 3.63) is 108 Å². The van der Waals surface area contributed by atoms with Crippen molar-refractivity contribution in [1.29, 1.82) is 0 Å². The van der Waals surface area contributed by atoms with E-state index in [1.54, 1.807) is 4.90 Å². The molecule has 1 aliphatic heterocycles. The van der Waals surface area contributed by atoms with E-state index in [0.717, 1.165) is 18.7 Å². The van der Waals surface area contributed by atoms with E-state index < -0.39 is 0 Å². The number of carbonyl (C=O) groups is 1. The minimum absolute atomic E-state index is 0.0304. The van der Waals surface area contributed by atoms with Crippen LogP contribution < -0.4 is 4.90 Å². The molecule has 1 saturated carbocycles. The van der Waals surface area contributed by atoms with E-state index in [1.165, 1.54) is 36.8 Å². The summed E-state index contributed by atoms with van der Waals surface area (Å²) in [5.74, 6) is 1.24. The highest BCUT2D eigenvalue weighted by Gasteiger charge is 2.50. The van der Waals surface area contributed by atoms with Crippen LogP contribution in [-0.4, -0.2) is 18.4 Å². The highest BCUT2D eigenvalue weighted by atomic mass is 16.1. The van der Waals surface area contributed by atoms with Crippen LogP contribution in [0.4, 0.5) is 0 Å². The van der Waals surface area contributed by atoms with E-state index >= 15 is 0 Å². The predicted molar refractivity (Wildman–Crippen MR) is 125 cm³/mol. The van der Waals surface area contributed by atoms with Crippen molar-refractivity contribution in [3.63, 3.8) is 0 Å². The van der Waals surface area contributed by atoms with Gasteiger partial charge in [-0.15, -0.1) is 0 Å². The molecule has 1 heterocycles. The first-order chi connectivity index (χ1) is 15.3. The molecule has 3 aromatic carbocycles. The lowest BCUT2D eigenvalue weighted by Crippen LogP contribution is -3.17. The molecule has 1 unspecified atom stereocenters. The Bertz CT molecular complexity index is 985. The average Bonchev–Trinajstić information content (AvgIpc) is 2.85. The number of rotatable bonds is 5. The second kappa shape index (κ2) is 9.20. The largest absolute Gasteiger partial charge is 0.328 e. The molecule has 3 aromatic rings. The van der Waals surface area contributed by atoms with E-state index in [9.17, 15) is 4.79 Å². The van der Waals surface area contributed by atoms with Crippen LogP contribution in [0.2, 0.25) is 0 Å². The number of benzene rings is 3. The molecule has 5 atom stereocenters. The quantitative estimate of drug-likeness (QED) is 0.592. The normalized spacial score (nSPS) is 27.9. The molecule has 0 aromatic heterocycles.